The highest BCUT2D eigenvalue weighted by Crippen LogP contribution is 2.38. The summed E-state index contributed by atoms with van der Waals surface area (Å²) in [6.07, 6.45) is 10.0. The van der Waals surface area contributed by atoms with E-state index in [9.17, 15) is 0 Å². The molecule has 150 valence electrons. The van der Waals surface area contributed by atoms with Crippen LogP contribution in [0.1, 0.15) is 31.2 Å². The molecule has 0 spiro atoms. The van der Waals surface area contributed by atoms with Gasteiger partial charge >= 0.3 is 0 Å². The van der Waals surface area contributed by atoms with Crippen molar-refractivity contribution in [2.75, 3.05) is 18.5 Å². The summed E-state index contributed by atoms with van der Waals surface area (Å²) in [5, 5.41) is 11.3. The molecule has 0 bridgehead atoms. The summed E-state index contributed by atoms with van der Waals surface area (Å²) in [5.74, 6) is 1.11. The monoisotopic (exact) mass is 409 g/mol. The van der Waals surface area contributed by atoms with Gasteiger partial charge < -0.3 is 14.6 Å². The molecule has 0 amide bonds. The Morgan fingerprint density at radius 2 is 2.07 bits per heavy atom. The van der Waals surface area contributed by atoms with Gasteiger partial charge in [-0.2, -0.15) is 10.2 Å². The van der Waals surface area contributed by atoms with Crippen LogP contribution in [-0.2, 0) is 6.54 Å². The molecule has 1 fully saturated rings. The van der Waals surface area contributed by atoms with E-state index >= 15 is 0 Å². The van der Waals surface area contributed by atoms with Gasteiger partial charge in [0.2, 0.25) is 5.88 Å². The number of nitrogens with zero attached hydrogens (tertiary/aromatic N) is 4. The number of halogens is 1. The molecule has 1 aliphatic carbocycles. The number of ether oxygens (including phenoxy) is 1. The molecule has 5 rings (SSSR count). The molecule has 0 atom stereocenters. The average Bonchev–Trinajstić information content (AvgIpc) is 3.08. The molecular weight excluding hydrogens is 386 g/mol. The Kier molecular flexibility index (Phi) is 4.87. The lowest BCUT2D eigenvalue weighted by molar-refractivity contribution is 0.137. The van der Waals surface area contributed by atoms with Gasteiger partial charge in [-0.05, 0) is 49.3 Å². The van der Waals surface area contributed by atoms with Crippen molar-refractivity contribution in [1.29, 1.82) is 0 Å². The number of hydrogen-bond acceptors (Lipinski definition) is 5. The van der Waals surface area contributed by atoms with Crippen molar-refractivity contribution in [3.8, 4) is 5.88 Å². The zero-order valence-corrected chi connectivity index (χ0v) is 17.2. The number of aromatic nitrogens is 2. The molecule has 0 radical (unpaired) electrons. The van der Waals surface area contributed by atoms with Crippen LogP contribution in [0, 0.1) is 5.92 Å². The van der Waals surface area contributed by atoms with Gasteiger partial charge in [-0.3, -0.25) is 0 Å². The van der Waals surface area contributed by atoms with E-state index in [2.05, 4.69) is 38.2 Å². The number of aromatic amines is 1. The Labute approximate surface area is 174 Å². The first-order valence-corrected chi connectivity index (χ1v) is 10.5. The van der Waals surface area contributed by atoms with Crippen molar-refractivity contribution in [1.82, 2.24) is 9.97 Å². The summed E-state index contributed by atoms with van der Waals surface area (Å²) >= 11 is 6.82. The highest BCUT2D eigenvalue weighted by molar-refractivity contribution is 6.36. The van der Waals surface area contributed by atoms with Gasteiger partial charge in [-0.25, -0.2) is 4.98 Å². The molecule has 29 heavy (non-hydrogen) atoms. The average molecular weight is 410 g/mol. The van der Waals surface area contributed by atoms with Crippen LogP contribution >= 0.6 is 11.6 Å². The minimum Gasteiger partial charge on any atom is -0.474 e. The number of likely N-dealkylation sites (N-methyl/N-ethyl adjacent to an activating group) is 1. The van der Waals surface area contributed by atoms with E-state index in [1.54, 1.807) is 6.20 Å². The minimum atomic E-state index is 0.209. The predicted molar refractivity (Wildman–Crippen MR) is 114 cm³/mol. The zero-order valence-electron chi connectivity index (χ0n) is 16.4. The van der Waals surface area contributed by atoms with E-state index < -0.39 is 0 Å². The number of H-pyrrole nitrogens is 1. The first-order chi connectivity index (χ1) is 14.2. The molecule has 0 unspecified atom stereocenters. The topological polar surface area (TPSA) is 65.9 Å². The second-order valence-corrected chi connectivity index (χ2v) is 8.30. The molecule has 0 aromatic carbocycles. The Balaban J connectivity index is 1.46. The maximum Gasteiger partial charge on any atom is 0.213 e. The molecule has 4 heterocycles. The molecule has 2 aliphatic heterocycles. The van der Waals surface area contributed by atoms with Crippen molar-refractivity contribution in [3.63, 3.8) is 0 Å². The van der Waals surface area contributed by atoms with Crippen LogP contribution in [0.25, 0.3) is 11.8 Å². The van der Waals surface area contributed by atoms with Crippen molar-refractivity contribution in [2.24, 2.45) is 16.1 Å². The third kappa shape index (κ3) is 3.46. The number of hydrogen-bond donors (Lipinski definition) is 1. The van der Waals surface area contributed by atoms with Gasteiger partial charge in [0.1, 0.15) is 6.10 Å². The van der Waals surface area contributed by atoms with Gasteiger partial charge in [0.05, 0.1) is 29.1 Å². The quantitative estimate of drug-likeness (QED) is 0.844. The molecule has 6 nitrogen and oxygen atoms in total. The summed E-state index contributed by atoms with van der Waals surface area (Å²) in [7, 11) is 2.11. The van der Waals surface area contributed by atoms with Crippen LogP contribution < -0.4 is 20.3 Å². The maximum atomic E-state index is 6.82. The van der Waals surface area contributed by atoms with Gasteiger partial charge in [-0.15, -0.1) is 0 Å². The lowest BCUT2D eigenvalue weighted by Crippen LogP contribution is -2.28. The summed E-state index contributed by atoms with van der Waals surface area (Å²) in [6.45, 7) is 1.40. The molecular formula is C22H24ClN5O. The van der Waals surface area contributed by atoms with Crippen molar-refractivity contribution >= 4 is 29.1 Å². The third-order valence-electron chi connectivity index (χ3n) is 6.07. The smallest absolute Gasteiger partial charge is 0.213 e. The summed E-state index contributed by atoms with van der Waals surface area (Å²) in [4.78, 5) is 10.1. The van der Waals surface area contributed by atoms with Gasteiger partial charge in [-0.1, -0.05) is 17.7 Å². The SMILES string of the molecule is CN1CC=C(Cl)C(C2CCC(Oc3ccccn3)CC2)=c2[nH]c3c(c21)CN=NC=3. The van der Waals surface area contributed by atoms with Crippen LogP contribution in [-0.4, -0.2) is 29.7 Å². The Hall–Kier alpha value is -2.60. The van der Waals surface area contributed by atoms with Crippen LogP contribution in [0.3, 0.4) is 0 Å². The van der Waals surface area contributed by atoms with Gasteiger partial charge in [0, 0.05) is 36.5 Å². The number of fused-ring (bicyclic) bond motifs is 3. The summed E-state index contributed by atoms with van der Waals surface area (Å²) in [6, 6.07) is 5.79. The van der Waals surface area contributed by atoms with Crippen LogP contribution in [0.2, 0.25) is 0 Å². The lowest BCUT2D eigenvalue weighted by atomic mass is 9.81. The molecule has 1 N–H and O–H groups in total. The fraction of sp³-hybridized carbons (Fsp3) is 0.409. The lowest BCUT2D eigenvalue weighted by Gasteiger charge is -2.30. The Morgan fingerprint density at radius 1 is 1.21 bits per heavy atom. The van der Waals surface area contributed by atoms with Gasteiger partial charge in [0.15, 0.2) is 0 Å². The van der Waals surface area contributed by atoms with E-state index in [0.717, 1.165) is 48.0 Å². The normalized spacial score (nSPS) is 23.6. The first-order valence-electron chi connectivity index (χ1n) is 10.2. The number of anilines is 1. The Morgan fingerprint density at radius 3 is 2.86 bits per heavy atom. The van der Waals surface area contributed by atoms with E-state index in [1.165, 1.54) is 16.8 Å². The molecule has 2 aromatic heterocycles. The molecule has 1 saturated carbocycles. The number of nitrogens with one attached hydrogen (secondary N) is 1. The second-order valence-electron chi connectivity index (χ2n) is 7.89. The summed E-state index contributed by atoms with van der Waals surface area (Å²) < 4.78 is 6.08. The van der Waals surface area contributed by atoms with Crippen molar-refractivity contribution in [3.05, 3.63) is 51.8 Å². The minimum absolute atomic E-state index is 0.209. The molecule has 0 saturated heterocycles. The highest BCUT2D eigenvalue weighted by Gasteiger charge is 2.30. The first kappa shape index (κ1) is 18.4. The standard InChI is InChI=1S/C22H24ClN5O/c1-28-11-9-17(23)20(21-22(28)16-12-25-26-13-18(16)27-21)14-5-7-15(8-6-14)29-19-4-2-3-10-24-19/h2-4,9-10,13-15,27H,5-8,11-12H2,1H3. The second kappa shape index (κ2) is 7.67. The highest BCUT2D eigenvalue weighted by atomic mass is 35.5. The number of rotatable bonds is 3. The molecule has 3 aliphatic rings. The van der Waals surface area contributed by atoms with E-state index in [4.69, 9.17) is 16.3 Å². The van der Waals surface area contributed by atoms with E-state index in [0.29, 0.717) is 18.3 Å². The number of pyridine rings is 1. The van der Waals surface area contributed by atoms with E-state index in [1.807, 2.05) is 24.4 Å². The van der Waals surface area contributed by atoms with Crippen molar-refractivity contribution in [2.45, 2.75) is 38.3 Å². The molecule has 7 heteroatoms. The van der Waals surface area contributed by atoms with Crippen LogP contribution in [0.4, 0.5) is 5.69 Å². The largest absolute Gasteiger partial charge is 0.474 e. The van der Waals surface area contributed by atoms with Gasteiger partial charge in [0.25, 0.3) is 0 Å². The number of allylic oxidation sites excluding steroid dienone is 1. The molecule has 2 aromatic rings. The summed E-state index contributed by atoms with van der Waals surface area (Å²) in [5.41, 5.74) is 3.65. The fourth-order valence-electron chi connectivity index (χ4n) is 4.64. The zero-order chi connectivity index (χ0) is 19.8. The van der Waals surface area contributed by atoms with Crippen LogP contribution in [0.5, 0.6) is 5.88 Å². The predicted octanol–water partition coefficient (Wildman–Crippen LogP) is 3.47. The maximum absolute atomic E-state index is 6.82. The Bertz CT molecular complexity index is 1080. The van der Waals surface area contributed by atoms with Crippen molar-refractivity contribution < 1.29 is 4.74 Å². The van der Waals surface area contributed by atoms with Crippen LogP contribution in [0.15, 0.2) is 45.7 Å². The fourth-order valence-corrected chi connectivity index (χ4v) is 4.96. The number of azo groups is 1. The van der Waals surface area contributed by atoms with E-state index in [-0.39, 0.29) is 6.10 Å². The third-order valence-corrected chi connectivity index (χ3v) is 6.42.